The number of hydrogen-bond acceptors (Lipinski definition) is 5. The van der Waals surface area contributed by atoms with Crippen molar-refractivity contribution in [2.75, 3.05) is 40.1 Å². The van der Waals surface area contributed by atoms with Gasteiger partial charge in [-0.05, 0) is 54.6 Å². The first-order valence-corrected chi connectivity index (χ1v) is 10.2. The first-order valence-electron chi connectivity index (χ1n) is 8.31. The average molecular weight is 364 g/mol. The molecule has 2 aromatic rings. The molecule has 0 N–H and O–H groups in total. The molecule has 1 aliphatic rings. The Balaban J connectivity index is 1.70. The van der Waals surface area contributed by atoms with E-state index in [1.807, 2.05) is 29.2 Å². The van der Waals surface area contributed by atoms with Crippen molar-refractivity contribution in [1.29, 1.82) is 0 Å². The van der Waals surface area contributed by atoms with Gasteiger partial charge < -0.3 is 14.4 Å². The molecule has 3 nitrogen and oxygen atoms in total. The molecule has 0 amide bonds. The number of methoxy groups -OCH3 is 2. The zero-order valence-corrected chi connectivity index (χ0v) is 16.2. The summed E-state index contributed by atoms with van der Waals surface area (Å²) in [6.45, 7) is 2.20. The first kappa shape index (κ1) is 17.6. The zero-order chi connectivity index (χ0) is 16.9. The molecule has 1 aromatic carbocycles. The van der Waals surface area contributed by atoms with Crippen molar-refractivity contribution < 1.29 is 9.47 Å². The fourth-order valence-corrected chi connectivity index (χ4v) is 5.28. The van der Waals surface area contributed by atoms with Crippen LogP contribution in [0.3, 0.4) is 0 Å². The number of rotatable bonds is 7. The molecule has 3 rings (SSSR count). The highest BCUT2D eigenvalue weighted by Gasteiger charge is 2.26. The third-order valence-corrected chi connectivity index (χ3v) is 6.62. The smallest absolute Gasteiger partial charge is 0.174 e. The summed E-state index contributed by atoms with van der Waals surface area (Å²) in [5, 5.41) is 2.16. The lowest BCUT2D eigenvalue weighted by Crippen LogP contribution is -2.28. The van der Waals surface area contributed by atoms with E-state index in [1.54, 1.807) is 14.2 Å². The van der Waals surface area contributed by atoms with E-state index in [2.05, 4.69) is 35.5 Å². The molecular weight excluding hydrogens is 338 g/mol. The summed E-state index contributed by atoms with van der Waals surface area (Å²) in [7, 11) is 5.67. The van der Waals surface area contributed by atoms with E-state index in [0.29, 0.717) is 5.92 Å². The molecule has 5 heteroatoms. The van der Waals surface area contributed by atoms with Gasteiger partial charge in [-0.2, -0.15) is 0 Å². The molecule has 24 heavy (non-hydrogen) atoms. The van der Waals surface area contributed by atoms with Crippen LogP contribution in [0.4, 0.5) is 0 Å². The second-order valence-electron chi connectivity index (χ2n) is 6.15. The molecule has 1 unspecified atom stereocenters. The largest absolute Gasteiger partial charge is 0.493 e. The van der Waals surface area contributed by atoms with Crippen LogP contribution >= 0.6 is 23.1 Å². The molecule has 1 atom stereocenters. The second kappa shape index (κ2) is 8.28. The molecule has 0 fully saturated rings. The highest BCUT2D eigenvalue weighted by molar-refractivity contribution is 7.99. The van der Waals surface area contributed by atoms with Gasteiger partial charge >= 0.3 is 0 Å². The van der Waals surface area contributed by atoms with Gasteiger partial charge in [-0.3, -0.25) is 0 Å². The molecule has 0 bridgehead atoms. The Morgan fingerprint density at radius 3 is 2.79 bits per heavy atom. The fourth-order valence-electron chi connectivity index (χ4n) is 3.26. The van der Waals surface area contributed by atoms with Crippen LogP contribution < -0.4 is 9.47 Å². The van der Waals surface area contributed by atoms with Gasteiger partial charge in [0.1, 0.15) is 0 Å². The molecule has 130 valence electrons. The number of nitrogens with zero attached hydrogens (tertiary/aromatic N) is 1. The van der Waals surface area contributed by atoms with Gasteiger partial charge in [-0.15, -0.1) is 23.1 Å². The van der Waals surface area contributed by atoms with Crippen LogP contribution in [0, 0.1) is 0 Å². The third kappa shape index (κ3) is 3.90. The number of ether oxygens (including phenoxy) is 2. The van der Waals surface area contributed by atoms with Crippen molar-refractivity contribution in [1.82, 2.24) is 4.90 Å². The van der Waals surface area contributed by atoms with Crippen LogP contribution in [0.5, 0.6) is 11.5 Å². The van der Waals surface area contributed by atoms with Gasteiger partial charge in [0.2, 0.25) is 0 Å². The van der Waals surface area contributed by atoms with Crippen molar-refractivity contribution in [2.24, 2.45) is 0 Å². The Morgan fingerprint density at radius 1 is 1.21 bits per heavy atom. The molecule has 0 aliphatic carbocycles. The van der Waals surface area contributed by atoms with Gasteiger partial charge in [-0.1, -0.05) is 12.1 Å². The van der Waals surface area contributed by atoms with E-state index in [0.717, 1.165) is 36.8 Å². The van der Waals surface area contributed by atoms with Crippen molar-refractivity contribution in [3.05, 3.63) is 40.1 Å². The Labute approximate surface area is 153 Å². The fraction of sp³-hybridized carbons (Fsp3) is 0.474. The number of benzene rings is 1. The standard InChI is InChI=1S/C19H25NO2S2/c1-20(10-8-15-5-4-11-23-15)13-14-9-12-24-19-16(14)6-7-17(21-2)18(19)22-3/h4-7,11,14H,8-10,12-13H2,1-3H3. The highest BCUT2D eigenvalue weighted by atomic mass is 32.2. The maximum Gasteiger partial charge on any atom is 0.174 e. The summed E-state index contributed by atoms with van der Waals surface area (Å²) in [4.78, 5) is 5.19. The summed E-state index contributed by atoms with van der Waals surface area (Å²) in [6, 6.07) is 8.62. The topological polar surface area (TPSA) is 21.7 Å². The van der Waals surface area contributed by atoms with Crippen LogP contribution in [0.25, 0.3) is 0 Å². The third-order valence-electron chi connectivity index (χ3n) is 4.54. The quantitative estimate of drug-likeness (QED) is 0.721. The van der Waals surface area contributed by atoms with E-state index >= 15 is 0 Å². The van der Waals surface area contributed by atoms with Crippen LogP contribution in [0.15, 0.2) is 34.5 Å². The molecule has 0 radical (unpaired) electrons. The first-order chi connectivity index (χ1) is 11.7. The van der Waals surface area contributed by atoms with Crippen molar-refractivity contribution >= 4 is 23.1 Å². The van der Waals surface area contributed by atoms with Gasteiger partial charge in [0.25, 0.3) is 0 Å². The number of thioether (sulfide) groups is 1. The number of hydrogen-bond donors (Lipinski definition) is 0. The van der Waals surface area contributed by atoms with E-state index < -0.39 is 0 Å². The monoisotopic (exact) mass is 363 g/mol. The lowest BCUT2D eigenvalue weighted by atomic mass is 9.94. The Bertz CT molecular complexity index is 658. The zero-order valence-electron chi connectivity index (χ0n) is 14.6. The molecule has 2 heterocycles. The van der Waals surface area contributed by atoms with E-state index in [1.165, 1.54) is 21.8 Å². The van der Waals surface area contributed by atoms with E-state index in [-0.39, 0.29) is 0 Å². The maximum atomic E-state index is 5.63. The lowest BCUT2D eigenvalue weighted by Gasteiger charge is -2.30. The van der Waals surface area contributed by atoms with E-state index in [9.17, 15) is 0 Å². The van der Waals surface area contributed by atoms with Crippen LogP contribution in [-0.2, 0) is 6.42 Å². The van der Waals surface area contributed by atoms with Crippen molar-refractivity contribution in [3.63, 3.8) is 0 Å². The van der Waals surface area contributed by atoms with Crippen molar-refractivity contribution in [2.45, 2.75) is 23.7 Å². The Hall–Kier alpha value is -1.17. The predicted octanol–water partition coefficient (Wildman–Crippen LogP) is 4.52. The molecule has 0 saturated heterocycles. The van der Waals surface area contributed by atoms with Crippen LogP contribution in [0.1, 0.15) is 22.8 Å². The summed E-state index contributed by atoms with van der Waals surface area (Å²) in [5.74, 6) is 3.43. The predicted molar refractivity (Wildman–Crippen MR) is 103 cm³/mol. The summed E-state index contributed by atoms with van der Waals surface area (Å²) >= 11 is 3.74. The minimum atomic E-state index is 0.564. The van der Waals surface area contributed by atoms with Crippen molar-refractivity contribution in [3.8, 4) is 11.5 Å². The maximum absolute atomic E-state index is 5.63. The average Bonchev–Trinajstić information content (AvgIpc) is 3.12. The van der Waals surface area contributed by atoms with Gasteiger partial charge in [-0.25, -0.2) is 0 Å². The van der Waals surface area contributed by atoms with Gasteiger partial charge in [0.15, 0.2) is 11.5 Å². The second-order valence-corrected chi connectivity index (χ2v) is 8.28. The van der Waals surface area contributed by atoms with E-state index in [4.69, 9.17) is 9.47 Å². The minimum Gasteiger partial charge on any atom is -0.493 e. The normalized spacial score (nSPS) is 16.9. The lowest BCUT2D eigenvalue weighted by molar-refractivity contribution is 0.306. The molecule has 0 spiro atoms. The highest BCUT2D eigenvalue weighted by Crippen LogP contribution is 2.47. The molecular formula is C19H25NO2S2. The minimum absolute atomic E-state index is 0.564. The molecule has 1 aliphatic heterocycles. The van der Waals surface area contributed by atoms with Crippen LogP contribution in [0.2, 0.25) is 0 Å². The van der Waals surface area contributed by atoms with Gasteiger partial charge in [0.05, 0.1) is 19.1 Å². The summed E-state index contributed by atoms with van der Waals surface area (Å²) in [6.07, 6.45) is 2.35. The Kier molecular flexibility index (Phi) is 6.09. The number of likely N-dealkylation sites (N-methyl/N-ethyl adjacent to an activating group) is 1. The SMILES string of the molecule is COc1ccc2c(c1OC)SCCC2CN(C)CCc1cccs1. The molecule has 1 aromatic heterocycles. The summed E-state index contributed by atoms with van der Waals surface area (Å²) in [5.41, 5.74) is 1.41. The van der Waals surface area contributed by atoms with Gasteiger partial charge in [0, 0.05) is 18.0 Å². The van der Waals surface area contributed by atoms with Crippen LogP contribution in [-0.4, -0.2) is 45.0 Å². The number of fused-ring (bicyclic) bond motifs is 1. The summed E-state index contributed by atoms with van der Waals surface area (Å²) < 4.78 is 11.1. The molecule has 0 saturated carbocycles. The Morgan fingerprint density at radius 2 is 2.08 bits per heavy atom. The number of thiophene rings is 1.